The van der Waals surface area contributed by atoms with E-state index in [1.807, 2.05) is 29.2 Å². The Hall–Kier alpha value is -1.55. The maximum absolute atomic E-state index is 12.2. The number of likely N-dealkylation sites (tertiary alicyclic amines) is 1. The molecule has 1 aliphatic carbocycles. The molecular formula is C17H21ClN2O2. The van der Waals surface area contributed by atoms with Crippen molar-refractivity contribution in [3.05, 3.63) is 34.9 Å². The molecule has 1 N–H and O–H groups in total. The third kappa shape index (κ3) is 3.61. The van der Waals surface area contributed by atoms with Crippen LogP contribution < -0.4 is 5.32 Å². The Bertz CT molecular complexity index is 552. The first kappa shape index (κ1) is 15.3. The van der Waals surface area contributed by atoms with Gasteiger partial charge in [0.25, 0.3) is 0 Å². The van der Waals surface area contributed by atoms with E-state index in [2.05, 4.69) is 5.32 Å². The second kappa shape index (κ2) is 6.69. The van der Waals surface area contributed by atoms with Gasteiger partial charge in [-0.3, -0.25) is 9.59 Å². The fourth-order valence-electron chi connectivity index (χ4n) is 3.04. The number of carbonyl (C=O) groups excluding carboxylic acids is 2. The molecule has 0 spiro atoms. The maximum atomic E-state index is 12.2. The second-order valence-electron chi connectivity index (χ2n) is 6.15. The van der Waals surface area contributed by atoms with Gasteiger partial charge in [-0.1, -0.05) is 23.7 Å². The van der Waals surface area contributed by atoms with Crippen LogP contribution in [0.3, 0.4) is 0 Å². The SMILES string of the molecule is O=C(NCCc1ccc(Cl)cc1)C1CC1C(=O)N1CCCC1. The summed E-state index contributed by atoms with van der Waals surface area (Å²) in [5.74, 6) is 0.00816. The van der Waals surface area contributed by atoms with Crippen LogP contribution in [0.15, 0.2) is 24.3 Å². The highest BCUT2D eigenvalue weighted by atomic mass is 35.5. The Morgan fingerprint density at radius 2 is 1.82 bits per heavy atom. The molecule has 5 heteroatoms. The predicted molar refractivity (Wildman–Crippen MR) is 85.6 cm³/mol. The normalized spacial score (nSPS) is 23.4. The van der Waals surface area contributed by atoms with Crippen LogP contribution in [0, 0.1) is 11.8 Å². The number of nitrogens with zero attached hydrogens (tertiary/aromatic N) is 1. The third-order valence-electron chi connectivity index (χ3n) is 4.49. The molecular weight excluding hydrogens is 300 g/mol. The van der Waals surface area contributed by atoms with Gasteiger partial charge >= 0.3 is 0 Å². The molecule has 0 radical (unpaired) electrons. The summed E-state index contributed by atoms with van der Waals surface area (Å²) in [4.78, 5) is 26.2. The fraction of sp³-hybridized carbons (Fsp3) is 0.529. The van der Waals surface area contributed by atoms with Crippen molar-refractivity contribution < 1.29 is 9.59 Å². The molecule has 2 fully saturated rings. The molecule has 118 valence electrons. The zero-order chi connectivity index (χ0) is 15.5. The molecule has 3 rings (SSSR count). The van der Waals surface area contributed by atoms with E-state index in [1.165, 1.54) is 0 Å². The van der Waals surface area contributed by atoms with Gasteiger partial charge in [0.1, 0.15) is 0 Å². The lowest BCUT2D eigenvalue weighted by molar-refractivity contribution is -0.133. The topological polar surface area (TPSA) is 49.4 Å². The minimum atomic E-state index is -0.113. The molecule has 2 amide bonds. The zero-order valence-corrected chi connectivity index (χ0v) is 13.3. The number of amides is 2. The van der Waals surface area contributed by atoms with Crippen molar-refractivity contribution in [1.29, 1.82) is 0 Å². The summed E-state index contributed by atoms with van der Waals surface area (Å²) in [7, 11) is 0. The molecule has 0 aromatic heterocycles. The summed E-state index contributed by atoms with van der Waals surface area (Å²) in [5, 5.41) is 3.66. The van der Waals surface area contributed by atoms with E-state index in [4.69, 9.17) is 11.6 Å². The highest BCUT2D eigenvalue weighted by Crippen LogP contribution is 2.40. The molecule has 1 heterocycles. The van der Waals surface area contributed by atoms with Crippen LogP contribution in [0.4, 0.5) is 0 Å². The van der Waals surface area contributed by atoms with Crippen LogP contribution in [0.2, 0.25) is 5.02 Å². The number of nitrogens with one attached hydrogen (secondary N) is 1. The van der Waals surface area contributed by atoms with E-state index >= 15 is 0 Å². The average Bonchev–Trinajstić information content (AvgIpc) is 3.13. The molecule has 1 aromatic carbocycles. The van der Waals surface area contributed by atoms with Crippen molar-refractivity contribution in [3.8, 4) is 0 Å². The standard InChI is InChI=1S/C17H21ClN2O2/c18-13-5-3-12(4-6-13)7-8-19-16(21)14-11-15(14)17(22)20-9-1-2-10-20/h3-6,14-15H,1-2,7-11H2,(H,19,21). The predicted octanol–water partition coefficient (Wildman–Crippen LogP) is 2.26. The van der Waals surface area contributed by atoms with Crippen LogP contribution in [0.25, 0.3) is 0 Å². The van der Waals surface area contributed by atoms with Crippen LogP contribution in [-0.4, -0.2) is 36.3 Å². The van der Waals surface area contributed by atoms with Crippen LogP contribution >= 0.6 is 11.6 Å². The molecule has 2 unspecified atom stereocenters. The van der Waals surface area contributed by atoms with Gasteiger partial charge in [0, 0.05) is 24.7 Å². The summed E-state index contributed by atoms with van der Waals surface area (Å²) in [5.41, 5.74) is 1.14. The zero-order valence-electron chi connectivity index (χ0n) is 12.6. The number of benzene rings is 1. The lowest BCUT2D eigenvalue weighted by Gasteiger charge is -2.14. The van der Waals surface area contributed by atoms with Gasteiger partial charge in [-0.05, 0) is 43.4 Å². The first-order valence-corrected chi connectivity index (χ1v) is 8.34. The number of hydrogen-bond donors (Lipinski definition) is 1. The van der Waals surface area contributed by atoms with Gasteiger partial charge < -0.3 is 10.2 Å². The largest absolute Gasteiger partial charge is 0.356 e. The molecule has 2 aliphatic rings. The summed E-state index contributed by atoms with van der Waals surface area (Å²) in [6.07, 6.45) is 3.68. The van der Waals surface area contributed by atoms with E-state index in [1.54, 1.807) is 0 Å². The van der Waals surface area contributed by atoms with Gasteiger partial charge in [-0.25, -0.2) is 0 Å². The highest BCUT2D eigenvalue weighted by molar-refractivity contribution is 6.30. The average molecular weight is 321 g/mol. The van der Waals surface area contributed by atoms with E-state index in [0.29, 0.717) is 18.0 Å². The van der Waals surface area contributed by atoms with E-state index < -0.39 is 0 Å². The molecule has 1 aliphatic heterocycles. The molecule has 4 nitrogen and oxygen atoms in total. The number of hydrogen-bond acceptors (Lipinski definition) is 2. The van der Waals surface area contributed by atoms with Gasteiger partial charge in [0.2, 0.25) is 11.8 Å². The van der Waals surface area contributed by atoms with Crippen molar-refractivity contribution in [2.24, 2.45) is 11.8 Å². The lowest BCUT2D eigenvalue weighted by atomic mass is 10.1. The Morgan fingerprint density at radius 1 is 1.14 bits per heavy atom. The van der Waals surface area contributed by atoms with Crippen molar-refractivity contribution in [2.45, 2.75) is 25.7 Å². The van der Waals surface area contributed by atoms with Crippen molar-refractivity contribution in [1.82, 2.24) is 10.2 Å². The van der Waals surface area contributed by atoms with Crippen LogP contribution in [0.5, 0.6) is 0 Å². The Balaban J connectivity index is 1.40. The van der Waals surface area contributed by atoms with Crippen molar-refractivity contribution >= 4 is 23.4 Å². The second-order valence-corrected chi connectivity index (χ2v) is 6.59. The summed E-state index contributed by atoms with van der Waals surface area (Å²) in [6.45, 7) is 2.32. The molecule has 1 aromatic rings. The first-order chi connectivity index (χ1) is 10.6. The van der Waals surface area contributed by atoms with E-state index in [-0.39, 0.29) is 23.7 Å². The van der Waals surface area contributed by atoms with Gasteiger partial charge in [-0.2, -0.15) is 0 Å². The van der Waals surface area contributed by atoms with Gasteiger partial charge in [0.15, 0.2) is 0 Å². The number of carbonyl (C=O) groups is 2. The third-order valence-corrected chi connectivity index (χ3v) is 4.74. The Kier molecular flexibility index (Phi) is 4.67. The molecule has 0 bridgehead atoms. The van der Waals surface area contributed by atoms with Gasteiger partial charge in [0.05, 0.1) is 11.8 Å². The lowest BCUT2D eigenvalue weighted by Crippen LogP contribution is -2.32. The molecule has 1 saturated carbocycles. The molecule has 2 atom stereocenters. The highest BCUT2D eigenvalue weighted by Gasteiger charge is 2.49. The fourth-order valence-corrected chi connectivity index (χ4v) is 3.17. The van der Waals surface area contributed by atoms with Crippen LogP contribution in [-0.2, 0) is 16.0 Å². The van der Waals surface area contributed by atoms with Crippen LogP contribution in [0.1, 0.15) is 24.8 Å². The summed E-state index contributed by atoms with van der Waals surface area (Å²) in [6, 6.07) is 7.63. The minimum Gasteiger partial charge on any atom is -0.356 e. The summed E-state index contributed by atoms with van der Waals surface area (Å²) < 4.78 is 0. The Morgan fingerprint density at radius 3 is 2.50 bits per heavy atom. The summed E-state index contributed by atoms with van der Waals surface area (Å²) >= 11 is 5.84. The quantitative estimate of drug-likeness (QED) is 0.904. The number of rotatable bonds is 5. The monoisotopic (exact) mass is 320 g/mol. The Labute approximate surface area is 135 Å². The van der Waals surface area contributed by atoms with Gasteiger partial charge in [-0.15, -0.1) is 0 Å². The van der Waals surface area contributed by atoms with Crippen molar-refractivity contribution in [2.75, 3.05) is 19.6 Å². The maximum Gasteiger partial charge on any atom is 0.226 e. The van der Waals surface area contributed by atoms with E-state index in [9.17, 15) is 9.59 Å². The van der Waals surface area contributed by atoms with Crippen molar-refractivity contribution in [3.63, 3.8) is 0 Å². The molecule has 22 heavy (non-hydrogen) atoms. The molecule has 1 saturated heterocycles. The number of halogens is 1. The van der Waals surface area contributed by atoms with E-state index in [0.717, 1.165) is 37.9 Å². The minimum absolute atomic E-state index is 0.0199. The first-order valence-electron chi connectivity index (χ1n) is 7.96. The smallest absolute Gasteiger partial charge is 0.226 e.